The third kappa shape index (κ3) is 2.74. The number of aromatic nitrogens is 1. The fraction of sp³-hybridized carbons (Fsp3) is 0.267. The lowest BCUT2D eigenvalue weighted by Gasteiger charge is -2.28. The Morgan fingerprint density at radius 2 is 2.06 bits per heavy atom. The van der Waals surface area contributed by atoms with Gasteiger partial charge in [-0.15, -0.1) is 0 Å². The first kappa shape index (κ1) is 12.7. The van der Waals surface area contributed by atoms with Crippen LogP contribution in [0.4, 0.5) is 4.39 Å². The Bertz CT molecular complexity index is 513. The molecule has 94 valence electrons. The molecule has 0 aliphatic rings. The van der Waals surface area contributed by atoms with Crippen molar-refractivity contribution in [2.75, 3.05) is 6.54 Å². The summed E-state index contributed by atoms with van der Waals surface area (Å²) < 4.78 is 13.3. The van der Waals surface area contributed by atoms with Gasteiger partial charge in [-0.2, -0.15) is 0 Å². The van der Waals surface area contributed by atoms with Crippen molar-refractivity contribution in [3.8, 4) is 0 Å². The zero-order valence-electron chi connectivity index (χ0n) is 10.4. The van der Waals surface area contributed by atoms with Crippen LogP contribution < -0.4 is 5.73 Å². The van der Waals surface area contributed by atoms with Gasteiger partial charge in [0.05, 0.1) is 0 Å². The van der Waals surface area contributed by atoms with Gasteiger partial charge >= 0.3 is 0 Å². The number of nitrogens with zero attached hydrogens (tertiary/aromatic N) is 1. The van der Waals surface area contributed by atoms with Crippen LogP contribution in [0.1, 0.15) is 18.2 Å². The molecular formula is C15H17FN2. The van der Waals surface area contributed by atoms with Crippen LogP contribution in [0, 0.1) is 5.82 Å². The fourth-order valence-corrected chi connectivity index (χ4v) is 2.06. The van der Waals surface area contributed by atoms with E-state index in [1.54, 1.807) is 18.3 Å². The molecule has 0 aliphatic carbocycles. The monoisotopic (exact) mass is 244 g/mol. The minimum atomic E-state index is -0.295. The first-order valence-corrected chi connectivity index (χ1v) is 6.00. The van der Waals surface area contributed by atoms with E-state index < -0.39 is 0 Å². The van der Waals surface area contributed by atoms with Crippen LogP contribution in [0.25, 0.3) is 0 Å². The van der Waals surface area contributed by atoms with Crippen LogP contribution in [0.2, 0.25) is 0 Å². The molecule has 2 rings (SSSR count). The summed E-state index contributed by atoms with van der Waals surface area (Å²) in [6.07, 6.45) is 2.46. The number of hydrogen-bond acceptors (Lipinski definition) is 2. The second kappa shape index (κ2) is 5.27. The van der Waals surface area contributed by atoms with Crippen LogP contribution in [-0.4, -0.2) is 11.5 Å². The molecule has 2 nitrogen and oxygen atoms in total. The van der Waals surface area contributed by atoms with Gasteiger partial charge in [0.25, 0.3) is 0 Å². The summed E-state index contributed by atoms with van der Waals surface area (Å²) in [5, 5.41) is 0. The number of pyridine rings is 1. The number of halogens is 1. The first-order chi connectivity index (χ1) is 8.64. The van der Waals surface area contributed by atoms with Gasteiger partial charge in [0, 0.05) is 30.3 Å². The highest BCUT2D eigenvalue weighted by atomic mass is 19.1. The van der Waals surface area contributed by atoms with Gasteiger partial charge in [-0.3, -0.25) is 4.98 Å². The highest BCUT2D eigenvalue weighted by Crippen LogP contribution is 2.27. The highest BCUT2D eigenvalue weighted by molar-refractivity contribution is 5.28. The molecule has 1 aromatic carbocycles. The van der Waals surface area contributed by atoms with E-state index in [-0.39, 0.29) is 11.2 Å². The van der Waals surface area contributed by atoms with E-state index in [9.17, 15) is 4.39 Å². The van der Waals surface area contributed by atoms with Crippen LogP contribution in [0.5, 0.6) is 0 Å². The van der Waals surface area contributed by atoms with Gasteiger partial charge in [-0.25, -0.2) is 4.39 Å². The van der Waals surface area contributed by atoms with Crippen molar-refractivity contribution in [2.24, 2.45) is 5.73 Å². The molecule has 0 aliphatic heterocycles. The van der Waals surface area contributed by atoms with Gasteiger partial charge in [0.1, 0.15) is 5.82 Å². The van der Waals surface area contributed by atoms with Gasteiger partial charge < -0.3 is 5.73 Å². The normalized spacial score (nSPS) is 14.2. The third-order valence-electron chi connectivity index (χ3n) is 3.27. The number of benzene rings is 1. The Morgan fingerprint density at radius 1 is 1.22 bits per heavy atom. The zero-order valence-corrected chi connectivity index (χ0v) is 10.4. The molecule has 1 unspecified atom stereocenters. The van der Waals surface area contributed by atoms with Gasteiger partial charge in [-0.1, -0.05) is 25.1 Å². The van der Waals surface area contributed by atoms with Gasteiger partial charge in [-0.05, 0) is 29.8 Å². The Labute approximate surface area is 107 Å². The van der Waals surface area contributed by atoms with Crippen LogP contribution >= 0.6 is 0 Å². The van der Waals surface area contributed by atoms with Crippen LogP contribution in [0.3, 0.4) is 0 Å². The maximum atomic E-state index is 13.3. The molecule has 0 saturated heterocycles. The largest absolute Gasteiger partial charge is 0.330 e. The average Bonchev–Trinajstić information content (AvgIpc) is 2.40. The standard InChI is InChI=1S/C15H17FN2/c1-15(11-17,10-14-7-2-3-8-18-14)12-5-4-6-13(16)9-12/h2-9H,10-11,17H2,1H3. The van der Waals surface area contributed by atoms with Crippen molar-refractivity contribution in [1.29, 1.82) is 0 Å². The third-order valence-corrected chi connectivity index (χ3v) is 3.27. The topological polar surface area (TPSA) is 38.9 Å². The average molecular weight is 244 g/mol. The molecule has 0 amide bonds. The van der Waals surface area contributed by atoms with Crippen LogP contribution in [-0.2, 0) is 11.8 Å². The van der Waals surface area contributed by atoms with Crippen molar-refractivity contribution in [1.82, 2.24) is 4.98 Å². The predicted octanol–water partition coefficient (Wildman–Crippen LogP) is 2.68. The Kier molecular flexibility index (Phi) is 3.72. The van der Waals surface area contributed by atoms with E-state index >= 15 is 0 Å². The van der Waals surface area contributed by atoms with E-state index in [1.165, 1.54) is 6.07 Å². The second-order valence-corrected chi connectivity index (χ2v) is 4.77. The van der Waals surface area contributed by atoms with E-state index in [0.29, 0.717) is 13.0 Å². The lowest BCUT2D eigenvalue weighted by molar-refractivity contribution is 0.471. The van der Waals surface area contributed by atoms with Crippen molar-refractivity contribution in [3.63, 3.8) is 0 Å². The Hall–Kier alpha value is -1.74. The maximum absolute atomic E-state index is 13.3. The minimum Gasteiger partial charge on any atom is -0.330 e. The minimum absolute atomic E-state index is 0.229. The summed E-state index contributed by atoms with van der Waals surface area (Å²) >= 11 is 0. The summed E-state index contributed by atoms with van der Waals surface area (Å²) in [5.41, 5.74) is 7.47. The quantitative estimate of drug-likeness (QED) is 0.898. The first-order valence-electron chi connectivity index (χ1n) is 6.00. The molecule has 1 aromatic heterocycles. The van der Waals surface area contributed by atoms with Gasteiger partial charge in [0.2, 0.25) is 0 Å². The molecule has 1 heterocycles. The summed E-state index contributed by atoms with van der Waals surface area (Å²) in [7, 11) is 0. The summed E-state index contributed by atoms with van der Waals surface area (Å²) in [5.74, 6) is -0.229. The molecule has 0 saturated carbocycles. The molecule has 0 fully saturated rings. The zero-order chi connectivity index (χ0) is 13.0. The smallest absolute Gasteiger partial charge is 0.123 e. The van der Waals surface area contributed by atoms with Crippen LogP contribution in [0.15, 0.2) is 48.7 Å². The molecular weight excluding hydrogens is 227 g/mol. The van der Waals surface area contributed by atoms with E-state index in [1.807, 2.05) is 31.2 Å². The van der Waals surface area contributed by atoms with E-state index in [2.05, 4.69) is 4.98 Å². The molecule has 0 spiro atoms. The maximum Gasteiger partial charge on any atom is 0.123 e. The lowest BCUT2D eigenvalue weighted by atomic mass is 9.78. The molecule has 0 bridgehead atoms. The van der Waals surface area contributed by atoms with E-state index in [0.717, 1.165) is 11.3 Å². The molecule has 2 aromatic rings. The highest BCUT2D eigenvalue weighted by Gasteiger charge is 2.26. The van der Waals surface area contributed by atoms with Crippen molar-refractivity contribution < 1.29 is 4.39 Å². The molecule has 18 heavy (non-hydrogen) atoms. The second-order valence-electron chi connectivity index (χ2n) is 4.77. The SMILES string of the molecule is CC(CN)(Cc1ccccn1)c1cccc(F)c1. The molecule has 3 heteroatoms. The Balaban J connectivity index is 2.31. The Morgan fingerprint density at radius 3 is 2.67 bits per heavy atom. The van der Waals surface area contributed by atoms with Crippen molar-refractivity contribution in [3.05, 3.63) is 65.7 Å². The lowest BCUT2D eigenvalue weighted by Crippen LogP contribution is -2.34. The fourth-order valence-electron chi connectivity index (χ4n) is 2.06. The van der Waals surface area contributed by atoms with Crippen molar-refractivity contribution >= 4 is 0 Å². The predicted molar refractivity (Wildman–Crippen MR) is 70.7 cm³/mol. The summed E-state index contributed by atoms with van der Waals surface area (Å²) in [6.45, 7) is 2.49. The summed E-state index contributed by atoms with van der Waals surface area (Å²) in [4.78, 5) is 4.31. The molecule has 1 atom stereocenters. The number of nitrogens with two attached hydrogens (primary N) is 1. The van der Waals surface area contributed by atoms with E-state index in [4.69, 9.17) is 5.73 Å². The molecule has 2 N–H and O–H groups in total. The number of rotatable bonds is 4. The summed E-state index contributed by atoms with van der Waals surface area (Å²) in [6, 6.07) is 12.4. The molecule has 0 radical (unpaired) electrons. The van der Waals surface area contributed by atoms with Gasteiger partial charge in [0.15, 0.2) is 0 Å². The number of hydrogen-bond donors (Lipinski definition) is 1. The van der Waals surface area contributed by atoms with Crippen molar-refractivity contribution in [2.45, 2.75) is 18.8 Å².